The third kappa shape index (κ3) is 3.77. The van der Waals surface area contributed by atoms with E-state index in [1.807, 2.05) is 4.98 Å². The van der Waals surface area contributed by atoms with Gasteiger partial charge in [-0.2, -0.15) is 0 Å². The summed E-state index contributed by atoms with van der Waals surface area (Å²) in [5.41, 5.74) is -2.68. The second-order valence-corrected chi connectivity index (χ2v) is 5.06. The fraction of sp³-hybridized carbons (Fsp3) is 0.583. The summed E-state index contributed by atoms with van der Waals surface area (Å²) in [5.74, 6) is -0.398. The van der Waals surface area contributed by atoms with Gasteiger partial charge in [0.2, 0.25) is 5.91 Å². The van der Waals surface area contributed by atoms with Crippen molar-refractivity contribution < 1.29 is 9.72 Å². The Morgan fingerprint density at radius 2 is 2.05 bits per heavy atom. The summed E-state index contributed by atoms with van der Waals surface area (Å²) < 4.78 is 0.831. The van der Waals surface area contributed by atoms with E-state index in [1.54, 1.807) is 0 Å². The van der Waals surface area contributed by atoms with Gasteiger partial charge in [-0.25, -0.2) is 4.79 Å². The molecule has 0 bridgehead atoms. The maximum Gasteiger partial charge on any atom is 0.350 e. The highest BCUT2D eigenvalue weighted by atomic mass is 16.6. The molecule has 0 aromatic carbocycles. The number of hydrogen-bond acceptors (Lipinski definition) is 5. The molecule has 0 spiro atoms. The van der Waals surface area contributed by atoms with Gasteiger partial charge in [-0.1, -0.05) is 19.3 Å². The summed E-state index contributed by atoms with van der Waals surface area (Å²) in [4.78, 5) is 46.2. The molecule has 1 aromatic rings. The van der Waals surface area contributed by atoms with Crippen LogP contribution in [0.3, 0.4) is 0 Å². The minimum Gasteiger partial charge on any atom is -0.352 e. The number of nitrogens with zero attached hydrogens (tertiary/aromatic N) is 2. The average Bonchev–Trinajstić information content (AvgIpc) is 2.42. The molecule has 0 atom stereocenters. The van der Waals surface area contributed by atoms with Crippen LogP contribution in [0, 0.1) is 10.1 Å². The molecule has 1 amide bonds. The molecule has 1 saturated carbocycles. The van der Waals surface area contributed by atoms with Crippen LogP contribution < -0.4 is 16.6 Å². The van der Waals surface area contributed by atoms with Crippen molar-refractivity contribution >= 4 is 11.6 Å². The Morgan fingerprint density at radius 3 is 2.67 bits per heavy atom. The fourth-order valence-electron chi connectivity index (χ4n) is 2.42. The van der Waals surface area contributed by atoms with Crippen LogP contribution in [0.5, 0.6) is 0 Å². The molecule has 1 heterocycles. The van der Waals surface area contributed by atoms with Crippen molar-refractivity contribution in [1.29, 1.82) is 0 Å². The van der Waals surface area contributed by atoms with Gasteiger partial charge in [0.25, 0.3) is 0 Å². The SMILES string of the molecule is O=C(Cn1cc([N+](=O)[O-])c(=O)[nH]c1=O)NC1CCCCC1. The van der Waals surface area contributed by atoms with E-state index >= 15 is 0 Å². The Hall–Kier alpha value is -2.45. The highest BCUT2D eigenvalue weighted by Gasteiger charge is 2.19. The number of rotatable bonds is 4. The van der Waals surface area contributed by atoms with E-state index in [0.717, 1.165) is 42.9 Å². The van der Waals surface area contributed by atoms with Crippen LogP contribution in [0.4, 0.5) is 5.69 Å². The lowest BCUT2D eigenvalue weighted by Crippen LogP contribution is -2.41. The zero-order valence-electron chi connectivity index (χ0n) is 11.3. The van der Waals surface area contributed by atoms with Crippen molar-refractivity contribution in [3.63, 3.8) is 0 Å². The monoisotopic (exact) mass is 296 g/mol. The van der Waals surface area contributed by atoms with Crippen molar-refractivity contribution in [3.8, 4) is 0 Å². The molecule has 0 aliphatic heterocycles. The average molecular weight is 296 g/mol. The second kappa shape index (κ2) is 6.33. The quantitative estimate of drug-likeness (QED) is 0.592. The number of amides is 1. The van der Waals surface area contributed by atoms with Crippen LogP contribution in [-0.2, 0) is 11.3 Å². The first-order valence-corrected chi connectivity index (χ1v) is 6.75. The third-order valence-electron chi connectivity index (χ3n) is 3.47. The first-order chi connectivity index (χ1) is 9.97. The number of carbonyl (C=O) groups is 1. The first-order valence-electron chi connectivity index (χ1n) is 6.75. The topological polar surface area (TPSA) is 127 Å². The van der Waals surface area contributed by atoms with Gasteiger partial charge in [-0.15, -0.1) is 0 Å². The summed E-state index contributed by atoms with van der Waals surface area (Å²) in [6.45, 7) is -0.354. The number of carbonyl (C=O) groups excluding carboxylic acids is 1. The predicted octanol–water partition coefficient (Wildman–Crippen LogP) is -0.106. The molecule has 21 heavy (non-hydrogen) atoms. The molecule has 9 heteroatoms. The molecule has 1 fully saturated rings. The van der Waals surface area contributed by atoms with Gasteiger partial charge < -0.3 is 5.32 Å². The Bertz CT molecular complexity index is 656. The van der Waals surface area contributed by atoms with Crippen LogP contribution in [0.15, 0.2) is 15.8 Å². The lowest BCUT2D eigenvalue weighted by Gasteiger charge is -2.22. The minimum atomic E-state index is -1.08. The summed E-state index contributed by atoms with van der Waals surface area (Å²) >= 11 is 0. The van der Waals surface area contributed by atoms with Crippen molar-refractivity contribution in [2.75, 3.05) is 0 Å². The summed E-state index contributed by atoms with van der Waals surface area (Å²) in [5, 5.41) is 13.5. The van der Waals surface area contributed by atoms with Gasteiger partial charge in [0, 0.05) is 6.04 Å². The second-order valence-electron chi connectivity index (χ2n) is 5.06. The van der Waals surface area contributed by atoms with E-state index < -0.39 is 27.8 Å². The molecule has 2 rings (SSSR count). The van der Waals surface area contributed by atoms with E-state index in [-0.39, 0.29) is 12.6 Å². The van der Waals surface area contributed by atoms with Crippen molar-refractivity contribution in [1.82, 2.24) is 14.9 Å². The van der Waals surface area contributed by atoms with Gasteiger partial charge in [0.1, 0.15) is 6.54 Å². The third-order valence-corrected chi connectivity index (χ3v) is 3.47. The van der Waals surface area contributed by atoms with Gasteiger partial charge >= 0.3 is 16.9 Å². The molecule has 0 saturated heterocycles. The number of hydrogen-bond donors (Lipinski definition) is 2. The Kier molecular flexibility index (Phi) is 4.51. The Morgan fingerprint density at radius 1 is 1.38 bits per heavy atom. The number of nitro groups is 1. The zero-order valence-corrected chi connectivity index (χ0v) is 11.3. The summed E-state index contributed by atoms with van der Waals surface area (Å²) in [6.07, 6.45) is 5.84. The Balaban J connectivity index is 2.09. The van der Waals surface area contributed by atoms with Gasteiger partial charge in [0.05, 0.1) is 11.1 Å². The normalized spacial score (nSPS) is 15.6. The molecule has 1 aromatic heterocycles. The molecule has 1 aliphatic rings. The standard InChI is InChI=1S/C12H16N4O5/c17-10(13-8-4-2-1-3-5-8)7-15-6-9(16(20)21)11(18)14-12(15)19/h6,8H,1-5,7H2,(H,13,17)(H,14,18,19). The smallest absolute Gasteiger partial charge is 0.350 e. The maximum atomic E-state index is 11.9. The zero-order chi connectivity index (χ0) is 15.4. The van der Waals surface area contributed by atoms with Crippen LogP contribution in [0.25, 0.3) is 0 Å². The molecule has 9 nitrogen and oxygen atoms in total. The number of H-pyrrole nitrogens is 1. The Labute approximate surface area is 119 Å². The van der Waals surface area contributed by atoms with Gasteiger partial charge in [0.15, 0.2) is 0 Å². The first kappa shape index (κ1) is 14.9. The molecule has 114 valence electrons. The van der Waals surface area contributed by atoms with Crippen LogP contribution in [0.1, 0.15) is 32.1 Å². The molecule has 1 aliphatic carbocycles. The van der Waals surface area contributed by atoms with E-state index in [9.17, 15) is 24.5 Å². The minimum absolute atomic E-state index is 0.0831. The van der Waals surface area contributed by atoms with Crippen molar-refractivity contribution in [3.05, 3.63) is 37.1 Å². The molecule has 0 unspecified atom stereocenters. The van der Waals surface area contributed by atoms with E-state index in [1.165, 1.54) is 0 Å². The van der Waals surface area contributed by atoms with Crippen molar-refractivity contribution in [2.45, 2.75) is 44.7 Å². The van der Waals surface area contributed by atoms with Crippen LogP contribution >= 0.6 is 0 Å². The largest absolute Gasteiger partial charge is 0.352 e. The van der Waals surface area contributed by atoms with Crippen LogP contribution in [-0.4, -0.2) is 26.4 Å². The van der Waals surface area contributed by atoms with Gasteiger partial charge in [-0.3, -0.25) is 29.3 Å². The van der Waals surface area contributed by atoms with E-state index in [2.05, 4.69) is 5.32 Å². The fourth-order valence-corrected chi connectivity index (χ4v) is 2.42. The van der Waals surface area contributed by atoms with E-state index in [4.69, 9.17) is 0 Å². The van der Waals surface area contributed by atoms with Gasteiger partial charge in [-0.05, 0) is 12.8 Å². The molecule has 2 N–H and O–H groups in total. The van der Waals surface area contributed by atoms with E-state index in [0.29, 0.717) is 0 Å². The molecular formula is C12H16N4O5. The number of aromatic nitrogens is 2. The lowest BCUT2D eigenvalue weighted by molar-refractivity contribution is -0.386. The molecule has 0 radical (unpaired) electrons. The summed E-state index contributed by atoms with van der Waals surface area (Å²) in [7, 11) is 0. The number of nitrogens with one attached hydrogen (secondary N) is 2. The highest BCUT2D eigenvalue weighted by Crippen LogP contribution is 2.17. The summed E-state index contributed by atoms with van der Waals surface area (Å²) in [6, 6.07) is 0.0831. The number of aromatic amines is 1. The maximum absolute atomic E-state index is 11.9. The van der Waals surface area contributed by atoms with Crippen LogP contribution in [0.2, 0.25) is 0 Å². The lowest BCUT2D eigenvalue weighted by atomic mass is 9.95. The molecular weight excluding hydrogens is 280 g/mol. The van der Waals surface area contributed by atoms with Crippen molar-refractivity contribution in [2.24, 2.45) is 0 Å². The highest BCUT2D eigenvalue weighted by molar-refractivity contribution is 5.76. The predicted molar refractivity (Wildman–Crippen MR) is 73.0 cm³/mol.